The summed E-state index contributed by atoms with van der Waals surface area (Å²) in [6.07, 6.45) is 4.13. The summed E-state index contributed by atoms with van der Waals surface area (Å²) in [6, 6.07) is 0.780. The molecule has 2 fully saturated rings. The fraction of sp³-hybridized carbons (Fsp3) is 0.750. The van der Waals surface area contributed by atoms with Crippen molar-refractivity contribution in [2.75, 3.05) is 19.8 Å². The van der Waals surface area contributed by atoms with Gasteiger partial charge >= 0.3 is 8.56 Å². The van der Waals surface area contributed by atoms with Gasteiger partial charge in [0.25, 0.3) is 0 Å². The molecule has 7 heteroatoms. The SMILES string of the molecule is CCO[Si](C)(CCCN1C(=O)C2C3C=CC(O3)C2C1=O)OCC. The van der Waals surface area contributed by atoms with Crippen LogP contribution in [0.1, 0.15) is 20.3 Å². The van der Waals surface area contributed by atoms with Crippen LogP contribution in [-0.4, -0.2) is 57.2 Å². The number of imide groups is 1. The number of nitrogens with zero attached hydrogens (tertiary/aromatic N) is 1. The topological polar surface area (TPSA) is 65.1 Å². The summed E-state index contributed by atoms with van der Waals surface area (Å²) in [5.74, 6) is -0.763. The Morgan fingerprint density at radius 2 is 1.61 bits per heavy atom. The number of ether oxygens (including phenoxy) is 1. The van der Waals surface area contributed by atoms with E-state index in [1.807, 2.05) is 32.5 Å². The lowest BCUT2D eigenvalue weighted by Crippen LogP contribution is -2.40. The van der Waals surface area contributed by atoms with Crippen LogP contribution in [0.25, 0.3) is 0 Å². The molecule has 4 unspecified atom stereocenters. The smallest absolute Gasteiger partial charge is 0.334 e. The molecule has 2 bridgehead atoms. The van der Waals surface area contributed by atoms with Crippen molar-refractivity contribution >= 4 is 20.4 Å². The average molecular weight is 339 g/mol. The molecule has 0 N–H and O–H groups in total. The van der Waals surface area contributed by atoms with Gasteiger partial charge in [-0.3, -0.25) is 14.5 Å². The zero-order chi connectivity index (χ0) is 16.6. The normalized spacial score (nSPS) is 32.2. The van der Waals surface area contributed by atoms with Crippen molar-refractivity contribution < 1.29 is 23.2 Å². The van der Waals surface area contributed by atoms with Crippen LogP contribution in [0, 0.1) is 11.8 Å². The number of amides is 2. The predicted molar refractivity (Wildman–Crippen MR) is 85.8 cm³/mol. The quantitative estimate of drug-likeness (QED) is 0.380. The van der Waals surface area contributed by atoms with Crippen LogP contribution in [0.5, 0.6) is 0 Å². The van der Waals surface area contributed by atoms with Crippen LogP contribution in [-0.2, 0) is 23.2 Å². The van der Waals surface area contributed by atoms with Crippen molar-refractivity contribution in [2.24, 2.45) is 11.8 Å². The summed E-state index contributed by atoms with van der Waals surface area (Å²) < 4.78 is 17.2. The van der Waals surface area contributed by atoms with E-state index in [0.717, 1.165) is 12.5 Å². The Morgan fingerprint density at radius 3 is 2.09 bits per heavy atom. The highest BCUT2D eigenvalue weighted by molar-refractivity contribution is 6.66. The van der Waals surface area contributed by atoms with E-state index < -0.39 is 8.56 Å². The molecular weight excluding hydrogens is 314 g/mol. The van der Waals surface area contributed by atoms with Crippen molar-refractivity contribution in [1.29, 1.82) is 0 Å². The molecule has 3 aliphatic heterocycles. The maximum Gasteiger partial charge on any atom is 0.334 e. The summed E-state index contributed by atoms with van der Waals surface area (Å²) in [4.78, 5) is 26.5. The predicted octanol–water partition coefficient (Wildman–Crippen LogP) is 1.46. The molecule has 2 amide bonds. The minimum atomic E-state index is -2.19. The van der Waals surface area contributed by atoms with Gasteiger partial charge in [0.1, 0.15) is 0 Å². The minimum Gasteiger partial charge on any atom is -0.395 e. The first-order valence-electron chi connectivity index (χ1n) is 8.47. The van der Waals surface area contributed by atoms with E-state index in [2.05, 4.69) is 0 Å². The molecule has 6 nitrogen and oxygen atoms in total. The molecule has 3 rings (SSSR count). The lowest BCUT2D eigenvalue weighted by molar-refractivity contribution is -0.142. The number of carbonyl (C=O) groups excluding carboxylic acids is 2. The number of rotatable bonds is 8. The van der Waals surface area contributed by atoms with Gasteiger partial charge in [-0.05, 0) is 32.9 Å². The van der Waals surface area contributed by atoms with Crippen molar-refractivity contribution in [3.63, 3.8) is 0 Å². The van der Waals surface area contributed by atoms with Gasteiger partial charge in [-0.15, -0.1) is 0 Å². The Morgan fingerprint density at radius 1 is 1.09 bits per heavy atom. The third-order valence-corrected chi connectivity index (χ3v) is 7.97. The van der Waals surface area contributed by atoms with E-state index in [1.165, 1.54) is 4.90 Å². The molecule has 0 spiro atoms. The van der Waals surface area contributed by atoms with Crippen LogP contribution < -0.4 is 0 Å². The van der Waals surface area contributed by atoms with Gasteiger partial charge in [-0.2, -0.15) is 0 Å². The number of carbonyl (C=O) groups is 2. The van der Waals surface area contributed by atoms with Crippen LogP contribution >= 0.6 is 0 Å². The van der Waals surface area contributed by atoms with Crippen molar-refractivity contribution in [3.05, 3.63) is 12.2 Å². The van der Waals surface area contributed by atoms with E-state index in [1.54, 1.807) is 0 Å². The second-order valence-electron chi connectivity index (χ2n) is 6.43. The first kappa shape index (κ1) is 16.8. The highest BCUT2D eigenvalue weighted by atomic mass is 28.4. The largest absolute Gasteiger partial charge is 0.395 e. The van der Waals surface area contributed by atoms with E-state index in [-0.39, 0.29) is 35.9 Å². The third kappa shape index (κ3) is 2.91. The van der Waals surface area contributed by atoms with Crippen LogP contribution in [0.15, 0.2) is 12.2 Å². The highest BCUT2D eigenvalue weighted by Crippen LogP contribution is 2.45. The summed E-state index contributed by atoms with van der Waals surface area (Å²) >= 11 is 0. The zero-order valence-corrected chi connectivity index (χ0v) is 15.0. The van der Waals surface area contributed by atoms with Crippen LogP contribution in [0.2, 0.25) is 12.6 Å². The number of likely N-dealkylation sites (tertiary alicyclic amines) is 1. The molecule has 0 aromatic heterocycles. The summed E-state index contributed by atoms with van der Waals surface area (Å²) in [6.45, 7) is 7.67. The van der Waals surface area contributed by atoms with Gasteiger partial charge in [-0.1, -0.05) is 12.2 Å². The number of hydrogen-bond acceptors (Lipinski definition) is 5. The van der Waals surface area contributed by atoms with Gasteiger partial charge in [0.05, 0.1) is 24.0 Å². The maximum atomic E-state index is 12.5. The Labute approximate surface area is 138 Å². The molecule has 2 saturated heterocycles. The van der Waals surface area contributed by atoms with Gasteiger partial charge in [0.15, 0.2) is 0 Å². The Hall–Kier alpha value is -1.02. The standard InChI is InChI=1S/C16H25NO5Si/c1-4-20-23(3,21-5-2)10-6-9-17-15(18)13-11-7-8-12(22-11)14(13)16(17)19/h7-8,11-14H,4-6,9-10H2,1-3H3. The zero-order valence-electron chi connectivity index (χ0n) is 14.0. The second-order valence-corrected chi connectivity index (χ2v) is 9.78. The first-order chi connectivity index (χ1) is 11.0. The number of hydrogen-bond donors (Lipinski definition) is 0. The number of fused-ring (bicyclic) bond motifs is 5. The Bertz CT molecular complexity index is 487. The van der Waals surface area contributed by atoms with Crippen LogP contribution in [0.4, 0.5) is 0 Å². The average Bonchev–Trinajstić information content (AvgIpc) is 3.17. The van der Waals surface area contributed by atoms with Gasteiger partial charge < -0.3 is 13.6 Å². The first-order valence-corrected chi connectivity index (χ1v) is 11.0. The lowest BCUT2D eigenvalue weighted by Gasteiger charge is -2.26. The summed E-state index contributed by atoms with van der Waals surface area (Å²) in [5, 5.41) is 0. The summed E-state index contributed by atoms with van der Waals surface area (Å²) in [7, 11) is -2.19. The maximum absolute atomic E-state index is 12.5. The fourth-order valence-electron chi connectivity index (χ4n) is 3.94. The monoisotopic (exact) mass is 339 g/mol. The molecule has 4 atom stereocenters. The summed E-state index contributed by atoms with van der Waals surface area (Å²) in [5.41, 5.74) is 0. The molecule has 3 aliphatic rings. The Kier molecular flexibility index (Phi) is 4.73. The van der Waals surface area contributed by atoms with Gasteiger partial charge in [-0.25, -0.2) is 0 Å². The molecule has 128 valence electrons. The molecule has 0 aromatic carbocycles. The van der Waals surface area contributed by atoms with Crippen LogP contribution in [0.3, 0.4) is 0 Å². The van der Waals surface area contributed by atoms with E-state index in [9.17, 15) is 9.59 Å². The molecular formula is C16H25NO5Si. The molecule has 3 heterocycles. The van der Waals surface area contributed by atoms with Gasteiger partial charge in [0, 0.05) is 19.8 Å². The highest BCUT2D eigenvalue weighted by Gasteiger charge is 2.60. The molecule has 0 radical (unpaired) electrons. The fourth-order valence-corrected chi connectivity index (χ4v) is 6.33. The van der Waals surface area contributed by atoms with Gasteiger partial charge in [0.2, 0.25) is 11.8 Å². The second kappa shape index (κ2) is 6.47. The molecule has 23 heavy (non-hydrogen) atoms. The van der Waals surface area contributed by atoms with E-state index in [4.69, 9.17) is 13.6 Å². The van der Waals surface area contributed by atoms with Crippen molar-refractivity contribution in [1.82, 2.24) is 4.90 Å². The lowest BCUT2D eigenvalue weighted by atomic mass is 9.85. The van der Waals surface area contributed by atoms with E-state index >= 15 is 0 Å². The molecule has 0 aliphatic carbocycles. The molecule has 0 saturated carbocycles. The molecule has 0 aromatic rings. The van der Waals surface area contributed by atoms with E-state index in [0.29, 0.717) is 19.8 Å². The van der Waals surface area contributed by atoms with Crippen molar-refractivity contribution in [3.8, 4) is 0 Å². The van der Waals surface area contributed by atoms with Crippen molar-refractivity contribution in [2.45, 2.75) is 45.1 Å². The minimum absolute atomic E-state index is 0.0759. The Balaban J connectivity index is 1.57. The third-order valence-electron chi connectivity index (χ3n) is 4.91.